The van der Waals surface area contributed by atoms with E-state index in [9.17, 15) is 4.39 Å². The number of halogens is 1. The molecule has 0 atom stereocenters. The molecule has 0 amide bonds. The largest absolute Gasteiger partial charge is 0.380 e. The van der Waals surface area contributed by atoms with Crippen LogP contribution in [0.5, 0.6) is 0 Å². The van der Waals surface area contributed by atoms with Crippen molar-refractivity contribution in [2.45, 2.75) is 0 Å². The van der Waals surface area contributed by atoms with Gasteiger partial charge in [0.25, 0.3) is 0 Å². The predicted molar refractivity (Wildman–Crippen MR) is 99.9 cm³/mol. The molecule has 5 rings (SSSR count). The van der Waals surface area contributed by atoms with E-state index in [0.717, 1.165) is 27.7 Å². The van der Waals surface area contributed by atoms with E-state index in [1.54, 1.807) is 23.3 Å². The minimum atomic E-state index is -0.320. The van der Waals surface area contributed by atoms with E-state index >= 15 is 0 Å². The standard InChI is InChI=1S/C18H13FN8/c19-13-4-1-10(2-5-13)15-16(27-18(17(20)23-15)24-25-26-27)11-3-6-14-12(7-11)8-21-9-22-14/h1-9,25-26H,(H2,20,23). The Morgan fingerprint density at radius 2 is 1.85 bits per heavy atom. The number of nitrogens with two attached hydrogens (primary N) is 1. The zero-order valence-corrected chi connectivity index (χ0v) is 13.9. The lowest BCUT2D eigenvalue weighted by molar-refractivity contribution is 0.399. The van der Waals surface area contributed by atoms with Gasteiger partial charge in [0.15, 0.2) is 5.84 Å². The maximum absolute atomic E-state index is 13.4. The van der Waals surface area contributed by atoms with Gasteiger partial charge in [-0.05, 0) is 36.4 Å². The Morgan fingerprint density at radius 1 is 1.04 bits per heavy atom. The first kappa shape index (κ1) is 15.4. The fraction of sp³-hybridized carbons (Fsp3) is 0. The average molecular weight is 360 g/mol. The molecule has 9 heteroatoms. The second-order valence-corrected chi connectivity index (χ2v) is 5.99. The van der Waals surface area contributed by atoms with Crippen molar-refractivity contribution < 1.29 is 4.39 Å². The van der Waals surface area contributed by atoms with Crippen LogP contribution in [0.3, 0.4) is 0 Å². The molecule has 2 aromatic carbocycles. The third kappa shape index (κ3) is 2.49. The Kier molecular flexibility index (Phi) is 3.34. The van der Waals surface area contributed by atoms with Gasteiger partial charge in [0.05, 0.1) is 16.9 Å². The van der Waals surface area contributed by atoms with Gasteiger partial charge in [0.2, 0.25) is 5.84 Å². The number of nitrogens with zero attached hydrogens (tertiary/aromatic N) is 5. The van der Waals surface area contributed by atoms with E-state index in [4.69, 9.17) is 5.73 Å². The number of benzene rings is 2. The van der Waals surface area contributed by atoms with Gasteiger partial charge in [0, 0.05) is 22.7 Å². The second kappa shape index (κ2) is 5.85. The molecule has 0 radical (unpaired) electrons. The lowest BCUT2D eigenvalue weighted by atomic mass is 10.0. The molecule has 0 spiro atoms. The first-order valence-corrected chi connectivity index (χ1v) is 8.14. The summed E-state index contributed by atoms with van der Waals surface area (Å²) in [6, 6.07) is 11.9. The molecule has 0 bridgehead atoms. The molecule has 0 saturated carbocycles. The van der Waals surface area contributed by atoms with Gasteiger partial charge in [-0.25, -0.2) is 29.9 Å². The maximum Gasteiger partial charge on any atom is 0.213 e. The maximum atomic E-state index is 13.4. The lowest BCUT2D eigenvalue weighted by Crippen LogP contribution is -2.46. The number of fused-ring (bicyclic) bond motifs is 2. The van der Waals surface area contributed by atoms with Crippen LogP contribution in [0, 0.1) is 5.82 Å². The normalized spacial score (nSPS) is 16.1. The predicted octanol–water partition coefficient (Wildman–Crippen LogP) is 1.60. The van der Waals surface area contributed by atoms with Crippen molar-refractivity contribution in [3.05, 3.63) is 71.9 Å². The minimum absolute atomic E-state index is 0.250. The van der Waals surface area contributed by atoms with E-state index in [1.807, 2.05) is 18.2 Å². The Labute approximate surface area is 152 Å². The number of hydrazone groups is 1. The van der Waals surface area contributed by atoms with Gasteiger partial charge in [-0.1, -0.05) is 6.07 Å². The van der Waals surface area contributed by atoms with Crippen molar-refractivity contribution in [3.63, 3.8) is 0 Å². The molecular weight excluding hydrogens is 347 g/mol. The number of rotatable bonds is 2. The summed E-state index contributed by atoms with van der Waals surface area (Å²) in [4.78, 5) is 12.9. The van der Waals surface area contributed by atoms with Gasteiger partial charge >= 0.3 is 0 Å². The molecule has 0 fully saturated rings. The highest BCUT2D eigenvalue weighted by Crippen LogP contribution is 2.34. The van der Waals surface area contributed by atoms with Crippen LogP contribution in [0.2, 0.25) is 0 Å². The first-order valence-electron chi connectivity index (χ1n) is 8.14. The molecule has 132 valence electrons. The van der Waals surface area contributed by atoms with Crippen molar-refractivity contribution in [1.29, 1.82) is 0 Å². The highest BCUT2D eigenvalue weighted by atomic mass is 19.1. The summed E-state index contributed by atoms with van der Waals surface area (Å²) in [6.45, 7) is 0. The van der Waals surface area contributed by atoms with Crippen molar-refractivity contribution in [3.8, 4) is 0 Å². The van der Waals surface area contributed by atoms with Gasteiger partial charge < -0.3 is 5.73 Å². The van der Waals surface area contributed by atoms with Crippen LogP contribution in [0.4, 0.5) is 4.39 Å². The second-order valence-electron chi connectivity index (χ2n) is 5.99. The molecule has 2 aliphatic rings. The third-order valence-corrected chi connectivity index (χ3v) is 4.34. The number of amidine groups is 2. The van der Waals surface area contributed by atoms with E-state index in [-0.39, 0.29) is 11.7 Å². The Morgan fingerprint density at radius 3 is 2.70 bits per heavy atom. The summed E-state index contributed by atoms with van der Waals surface area (Å²) in [5.41, 5.74) is 15.5. The van der Waals surface area contributed by atoms with Gasteiger partial charge in [-0.15, -0.1) is 10.6 Å². The molecular formula is C18H13FN8. The molecule has 27 heavy (non-hydrogen) atoms. The molecule has 0 unspecified atom stereocenters. The highest BCUT2D eigenvalue weighted by molar-refractivity contribution is 6.43. The fourth-order valence-electron chi connectivity index (χ4n) is 3.10. The topological polar surface area (TPSA) is 104 Å². The average Bonchev–Trinajstić information content (AvgIpc) is 3.18. The van der Waals surface area contributed by atoms with Crippen LogP contribution in [-0.4, -0.2) is 26.6 Å². The lowest BCUT2D eigenvalue weighted by Gasteiger charge is -2.28. The first-order chi connectivity index (χ1) is 13.2. The van der Waals surface area contributed by atoms with Gasteiger partial charge in [0.1, 0.15) is 12.1 Å². The van der Waals surface area contributed by atoms with Gasteiger partial charge in [-0.3, -0.25) is 0 Å². The summed E-state index contributed by atoms with van der Waals surface area (Å²) < 4.78 is 13.4. The summed E-state index contributed by atoms with van der Waals surface area (Å²) >= 11 is 0. The molecule has 2 aliphatic heterocycles. The van der Waals surface area contributed by atoms with Crippen molar-refractivity contribution in [2.24, 2.45) is 15.8 Å². The van der Waals surface area contributed by atoms with Crippen molar-refractivity contribution in [2.75, 3.05) is 0 Å². The number of aliphatic imine (C=N–C) groups is 1. The smallest absolute Gasteiger partial charge is 0.213 e. The van der Waals surface area contributed by atoms with E-state index in [0.29, 0.717) is 11.5 Å². The quantitative estimate of drug-likeness (QED) is 0.641. The van der Waals surface area contributed by atoms with Crippen LogP contribution in [0.1, 0.15) is 11.1 Å². The summed E-state index contributed by atoms with van der Waals surface area (Å²) in [5.74, 6) is 0.389. The van der Waals surface area contributed by atoms with Crippen LogP contribution in [0.15, 0.2) is 65.1 Å². The SMILES string of the molecule is NC1=NC(c2ccc(F)cc2)=C(c2ccc3ncncc3c2)N2NNN=C12. The molecule has 1 aromatic heterocycles. The highest BCUT2D eigenvalue weighted by Gasteiger charge is 2.32. The molecule has 0 aliphatic carbocycles. The molecule has 8 nitrogen and oxygen atoms in total. The number of nitrogens with one attached hydrogen (secondary N) is 2. The molecule has 4 N–H and O–H groups in total. The van der Waals surface area contributed by atoms with Crippen LogP contribution >= 0.6 is 0 Å². The van der Waals surface area contributed by atoms with Crippen molar-refractivity contribution in [1.82, 2.24) is 26.0 Å². The summed E-state index contributed by atoms with van der Waals surface area (Å²) in [5, 5.41) is 6.72. The zero-order chi connectivity index (χ0) is 18.4. The van der Waals surface area contributed by atoms with Crippen LogP contribution in [0.25, 0.3) is 22.3 Å². The zero-order valence-electron chi connectivity index (χ0n) is 13.9. The van der Waals surface area contributed by atoms with Crippen LogP contribution in [-0.2, 0) is 0 Å². The third-order valence-electron chi connectivity index (χ3n) is 4.34. The monoisotopic (exact) mass is 360 g/mol. The van der Waals surface area contributed by atoms with E-state index < -0.39 is 0 Å². The number of hydrazine groups is 2. The number of aromatic nitrogens is 2. The number of hydrogen-bond donors (Lipinski definition) is 3. The van der Waals surface area contributed by atoms with Crippen LogP contribution < -0.4 is 16.8 Å². The van der Waals surface area contributed by atoms with E-state index in [2.05, 4.69) is 31.1 Å². The van der Waals surface area contributed by atoms with E-state index in [1.165, 1.54) is 18.5 Å². The molecule has 3 heterocycles. The number of hydrogen-bond acceptors (Lipinski definition) is 8. The Hall–Kier alpha value is -3.85. The summed E-state index contributed by atoms with van der Waals surface area (Å²) in [7, 11) is 0. The van der Waals surface area contributed by atoms with Crippen molar-refractivity contribution >= 4 is 34.0 Å². The Bertz CT molecular complexity index is 1150. The van der Waals surface area contributed by atoms with Gasteiger partial charge in [-0.2, -0.15) is 0 Å². The Balaban J connectivity index is 1.77. The fourth-order valence-corrected chi connectivity index (χ4v) is 3.10. The molecule has 3 aromatic rings. The summed E-state index contributed by atoms with van der Waals surface area (Å²) in [6.07, 6.45) is 3.25. The minimum Gasteiger partial charge on any atom is -0.380 e. The molecule has 0 saturated heterocycles.